The van der Waals surface area contributed by atoms with Gasteiger partial charge in [-0.2, -0.15) is 0 Å². The number of imidazole rings is 1. The van der Waals surface area contributed by atoms with Crippen LogP contribution in [-0.2, 0) is 6.54 Å². The van der Waals surface area contributed by atoms with Gasteiger partial charge >= 0.3 is 0 Å². The van der Waals surface area contributed by atoms with E-state index in [1.165, 1.54) is 0 Å². The Bertz CT molecular complexity index is 859. The summed E-state index contributed by atoms with van der Waals surface area (Å²) in [6.45, 7) is 2.46. The van der Waals surface area contributed by atoms with Gasteiger partial charge in [-0.1, -0.05) is 12.1 Å². The lowest BCUT2D eigenvalue weighted by Gasteiger charge is -2.06. The average molecular weight is 437 g/mol. The molecule has 0 fully saturated rings. The van der Waals surface area contributed by atoms with Crippen LogP contribution in [0, 0.1) is 6.92 Å². The van der Waals surface area contributed by atoms with Crippen LogP contribution < -0.4 is 15.8 Å². The summed E-state index contributed by atoms with van der Waals surface area (Å²) in [5, 5.41) is 3.05. The zero-order chi connectivity index (χ0) is 16.2. The normalized spacial score (nSPS) is 11.2. The molecule has 0 saturated carbocycles. The first-order valence-corrected chi connectivity index (χ1v) is 7.30. The third-order valence-corrected chi connectivity index (χ3v) is 3.50. The number of ether oxygens (including phenoxy) is 1. The number of anilines is 1. The first-order valence-electron chi connectivity index (χ1n) is 7.30. The van der Waals surface area contributed by atoms with Crippen LogP contribution in [0.15, 0.2) is 53.7 Å². The number of fused-ring (bicyclic) bond motifs is 1. The molecule has 3 N–H and O–H groups in total. The largest absolute Gasteiger partial charge is 0.497 e. The average Bonchev–Trinajstić information content (AvgIpc) is 2.98. The van der Waals surface area contributed by atoms with E-state index in [9.17, 15) is 0 Å². The van der Waals surface area contributed by atoms with Crippen LogP contribution in [0.25, 0.3) is 5.65 Å². The summed E-state index contributed by atoms with van der Waals surface area (Å²) in [6, 6.07) is 13.5. The zero-order valence-electron chi connectivity index (χ0n) is 13.6. The smallest absolute Gasteiger partial charge is 0.193 e. The number of nitrogens with one attached hydrogen (secondary N) is 1. The molecule has 0 aliphatic heterocycles. The predicted molar refractivity (Wildman–Crippen MR) is 107 cm³/mol. The summed E-state index contributed by atoms with van der Waals surface area (Å²) in [4.78, 5) is 8.87. The van der Waals surface area contributed by atoms with Gasteiger partial charge in [-0.15, -0.1) is 24.0 Å². The van der Waals surface area contributed by atoms with Crippen LogP contribution in [0.2, 0.25) is 0 Å². The van der Waals surface area contributed by atoms with Crippen molar-refractivity contribution in [3.8, 4) is 5.75 Å². The molecule has 0 bridgehead atoms. The van der Waals surface area contributed by atoms with Gasteiger partial charge in [0.15, 0.2) is 5.96 Å². The summed E-state index contributed by atoms with van der Waals surface area (Å²) in [7, 11) is 1.63. The fraction of sp³-hybridized carbons (Fsp3) is 0.176. The molecule has 0 atom stereocenters. The van der Waals surface area contributed by atoms with Gasteiger partial charge in [-0.3, -0.25) is 0 Å². The van der Waals surface area contributed by atoms with Gasteiger partial charge in [-0.25, -0.2) is 9.98 Å². The van der Waals surface area contributed by atoms with Crippen molar-refractivity contribution < 1.29 is 4.74 Å². The monoisotopic (exact) mass is 437 g/mol. The van der Waals surface area contributed by atoms with Crippen LogP contribution in [0.5, 0.6) is 5.75 Å². The number of hydrogen-bond acceptors (Lipinski definition) is 3. The number of aryl methyl sites for hydroxylation is 1. The Morgan fingerprint density at radius 3 is 2.83 bits per heavy atom. The molecule has 0 radical (unpaired) electrons. The Morgan fingerprint density at radius 2 is 2.08 bits per heavy atom. The minimum absolute atomic E-state index is 0. The molecule has 126 valence electrons. The number of benzene rings is 1. The number of nitrogens with two attached hydrogens (primary N) is 1. The van der Waals surface area contributed by atoms with E-state index in [0.717, 1.165) is 28.5 Å². The Labute approximate surface area is 157 Å². The zero-order valence-corrected chi connectivity index (χ0v) is 15.9. The molecule has 0 aliphatic carbocycles. The molecule has 0 spiro atoms. The Hall–Kier alpha value is -2.29. The van der Waals surface area contributed by atoms with Gasteiger partial charge in [0.1, 0.15) is 11.4 Å². The summed E-state index contributed by atoms with van der Waals surface area (Å²) in [5.41, 5.74) is 9.68. The number of aromatic nitrogens is 2. The van der Waals surface area contributed by atoms with Gasteiger partial charge in [0.2, 0.25) is 0 Å². The molecule has 1 aromatic carbocycles. The first-order chi connectivity index (χ1) is 11.2. The molecule has 7 heteroatoms. The number of rotatable bonds is 4. The van der Waals surface area contributed by atoms with E-state index in [2.05, 4.69) is 15.3 Å². The van der Waals surface area contributed by atoms with Crippen molar-refractivity contribution in [2.45, 2.75) is 13.5 Å². The number of halogens is 1. The van der Waals surface area contributed by atoms with Crippen molar-refractivity contribution in [1.82, 2.24) is 9.38 Å². The molecule has 0 amide bonds. The van der Waals surface area contributed by atoms with Crippen molar-refractivity contribution in [3.05, 3.63) is 60.0 Å². The molecule has 6 nitrogen and oxygen atoms in total. The number of hydrogen-bond donors (Lipinski definition) is 2. The molecule has 2 heterocycles. The fourth-order valence-corrected chi connectivity index (χ4v) is 2.33. The maximum absolute atomic E-state index is 5.93. The number of pyridine rings is 1. The minimum atomic E-state index is 0. The van der Waals surface area contributed by atoms with Crippen molar-refractivity contribution in [2.75, 3.05) is 12.4 Å². The van der Waals surface area contributed by atoms with E-state index in [1.54, 1.807) is 7.11 Å². The first kappa shape index (κ1) is 18.1. The summed E-state index contributed by atoms with van der Waals surface area (Å²) < 4.78 is 7.22. The van der Waals surface area contributed by atoms with Crippen molar-refractivity contribution >= 4 is 41.3 Å². The summed E-state index contributed by atoms with van der Waals surface area (Å²) in [5.74, 6) is 1.10. The Morgan fingerprint density at radius 1 is 1.29 bits per heavy atom. The Kier molecular flexibility index (Phi) is 6.02. The number of methoxy groups -OCH3 is 1. The van der Waals surface area contributed by atoms with E-state index < -0.39 is 0 Å². The quantitative estimate of drug-likeness (QED) is 0.374. The predicted octanol–water partition coefficient (Wildman–Crippen LogP) is 3.20. The van der Waals surface area contributed by atoms with Gasteiger partial charge < -0.3 is 20.2 Å². The Balaban J connectivity index is 0.00000208. The molecule has 0 saturated heterocycles. The third-order valence-electron chi connectivity index (χ3n) is 3.50. The van der Waals surface area contributed by atoms with Crippen LogP contribution in [0.1, 0.15) is 11.4 Å². The van der Waals surface area contributed by atoms with E-state index >= 15 is 0 Å². The van der Waals surface area contributed by atoms with Crippen LogP contribution >= 0.6 is 24.0 Å². The lowest BCUT2D eigenvalue weighted by molar-refractivity contribution is 0.415. The number of aliphatic imine (C=N–C) groups is 1. The highest BCUT2D eigenvalue weighted by atomic mass is 127. The maximum atomic E-state index is 5.93. The van der Waals surface area contributed by atoms with E-state index in [1.807, 2.05) is 60.0 Å². The second kappa shape index (κ2) is 8.00. The fourth-order valence-electron chi connectivity index (χ4n) is 2.33. The molecule has 0 unspecified atom stereocenters. The number of guanidine groups is 1. The molecular weight excluding hydrogens is 417 g/mol. The van der Waals surface area contributed by atoms with Crippen molar-refractivity contribution in [3.63, 3.8) is 0 Å². The third kappa shape index (κ3) is 4.16. The van der Waals surface area contributed by atoms with Crippen LogP contribution in [-0.4, -0.2) is 22.5 Å². The SMILES string of the molecule is COc1cccc(NC(N)=NCc2cn3c(C)cccc3n2)c1.I. The number of nitrogens with zero attached hydrogens (tertiary/aromatic N) is 3. The standard InChI is InChI=1S/C17H19N5O.HI/c1-12-5-3-8-16-20-14(11-22(12)16)10-19-17(18)21-13-6-4-7-15(9-13)23-2;/h3-9,11H,10H2,1-2H3,(H3,18,19,21);1H. The lowest BCUT2D eigenvalue weighted by atomic mass is 10.3. The highest BCUT2D eigenvalue weighted by Crippen LogP contribution is 2.16. The van der Waals surface area contributed by atoms with Gasteiger partial charge in [-0.05, 0) is 31.2 Å². The summed E-state index contributed by atoms with van der Waals surface area (Å²) >= 11 is 0. The lowest BCUT2D eigenvalue weighted by Crippen LogP contribution is -2.22. The van der Waals surface area contributed by atoms with Gasteiger partial charge in [0.25, 0.3) is 0 Å². The maximum Gasteiger partial charge on any atom is 0.193 e. The summed E-state index contributed by atoms with van der Waals surface area (Å²) in [6.07, 6.45) is 1.98. The van der Waals surface area contributed by atoms with Gasteiger partial charge in [0, 0.05) is 23.6 Å². The highest BCUT2D eigenvalue weighted by Gasteiger charge is 2.03. The molecule has 3 rings (SSSR count). The minimum Gasteiger partial charge on any atom is -0.497 e. The second-order valence-electron chi connectivity index (χ2n) is 5.19. The van der Waals surface area contributed by atoms with Gasteiger partial charge in [0.05, 0.1) is 19.3 Å². The van der Waals surface area contributed by atoms with E-state index in [0.29, 0.717) is 12.5 Å². The topological polar surface area (TPSA) is 76.9 Å². The van der Waals surface area contributed by atoms with Crippen molar-refractivity contribution in [2.24, 2.45) is 10.7 Å². The molecule has 3 aromatic rings. The second-order valence-corrected chi connectivity index (χ2v) is 5.19. The van der Waals surface area contributed by atoms with E-state index in [-0.39, 0.29) is 24.0 Å². The molecule has 2 aromatic heterocycles. The van der Waals surface area contributed by atoms with Crippen LogP contribution in [0.3, 0.4) is 0 Å². The molecular formula is C17H20IN5O. The van der Waals surface area contributed by atoms with E-state index in [4.69, 9.17) is 10.5 Å². The highest BCUT2D eigenvalue weighted by molar-refractivity contribution is 14.0. The van der Waals surface area contributed by atoms with Crippen LogP contribution in [0.4, 0.5) is 5.69 Å². The molecule has 24 heavy (non-hydrogen) atoms. The molecule has 0 aliphatic rings. The van der Waals surface area contributed by atoms with Crippen molar-refractivity contribution in [1.29, 1.82) is 0 Å².